The maximum Gasteiger partial charge on any atom is 0.237 e. The Morgan fingerprint density at radius 2 is 1.68 bits per heavy atom. The van der Waals surface area contributed by atoms with Gasteiger partial charge in [-0.1, -0.05) is 12.5 Å². The van der Waals surface area contributed by atoms with Crippen LogP contribution in [-0.2, 0) is 20.2 Å². The van der Waals surface area contributed by atoms with E-state index in [-0.39, 0.29) is 5.91 Å². The van der Waals surface area contributed by atoms with Gasteiger partial charge in [-0.2, -0.15) is 0 Å². The highest BCUT2D eigenvalue weighted by Crippen LogP contribution is 2.55. The monoisotopic (exact) mass is 528 g/mol. The molecule has 194 valence electrons. The summed E-state index contributed by atoms with van der Waals surface area (Å²) in [6, 6.07) is 11.5. The van der Waals surface area contributed by atoms with Crippen molar-refractivity contribution in [3.63, 3.8) is 0 Å². The maximum absolute atomic E-state index is 13.2. The molecule has 4 aromatic rings. The first-order chi connectivity index (χ1) is 18.1. The van der Waals surface area contributed by atoms with Crippen LogP contribution in [-0.4, -0.2) is 56.7 Å². The highest BCUT2D eigenvalue weighted by Gasteiger charge is 2.54. The van der Waals surface area contributed by atoms with Crippen molar-refractivity contribution < 1.29 is 13.2 Å². The summed E-state index contributed by atoms with van der Waals surface area (Å²) in [6.07, 6.45) is 9.03. The molecule has 1 amide bonds. The summed E-state index contributed by atoms with van der Waals surface area (Å²) >= 11 is 0. The number of carbonyl (C=O) groups is 1. The van der Waals surface area contributed by atoms with Gasteiger partial charge in [-0.25, -0.2) is 13.4 Å². The number of hydrogen-bond acceptors (Lipinski definition) is 7. The van der Waals surface area contributed by atoms with Crippen LogP contribution in [0.2, 0.25) is 0 Å². The average Bonchev–Trinajstić information content (AvgIpc) is 3.10. The zero-order valence-electron chi connectivity index (χ0n) is 21.7. The third-order valence-corrected chi connectivity index (χ3v) is 8.20. The predicted octanol–water partition coefficient (Wildman–Crippen LogP) is 4.19. The van der Waals surface area contributed by atoms with E-state index in [2.05, 4.69) is 19.7 Å². The Morgan fingerprint density at radius 1 is 0.947 bits per heavy atom. The van der Waals surface area contributed by atoms with Crippen LogP contribution in [0.1, 0.15) is 24.8 Å². The highest BCUT2D eigenvalue weighted by molar-refractivity contribution is 7.92. The molecular formula is C28H28N6O3S. The Kier molecular flexibility index (Phi) is 5.43. The molecular weight excluding hydrogens is 500 g/mol. The summed E-state index contributed by atoms with van der Waals surface area (Å²) in [4.78, 5) is 30.5. The number of carbonyl (C=O) groups excluding carboxylic acids is 1. The van der Waals surface area contributed by atoms with E-state index in [4.69, 9.17) is 0 Å². The molecule has 1 aliphatic carbocycles. The van der Waals surface area contributed by atoms with Crippen molar-refractivity contribution in [2.75, 3.05) is 41.9 Å². The number of benzene rings is 1. The summed E-state index contributed by atoms with van der Waals surface area (Å²) in [6.45, 7) is 0. The summed E-state index contributed by atoms with van der Waals surface area (Å²) in [5.74, 6) is 0.923. The molecule has 9 nitrogen and oxygen atoms in total. The molecule has 0 saturated heterocycles. The van der Waals surface area contributed by atoms with E-state index in [1.165, 1.54) is 0 Å². The second-order valence-electron chi connectivity index (χ2n) is 10.3. The molecule has 4 heterocycles. The third-order valence-electron chi connectivity index (χ3n) is 7.60. The van der Waals surface area contributed by atoms with E-state index in [1.807, 2.05) is 56.4 Å². The molecule has 1 aliphatic heterocycles. The first-order valence-corrected chi connectivity index (χ1v) is 14.3. The van der Waals surface area contributed by atoms with Gasteiger partial charge in [0.25, 0.3) is 0 Å². The number of nitrogens with one attached hydrogen (secondary N) is 1. The first kappa shape index (κ1) is 24.3. The lowest BCUT2D eigenvalue weighted by molar-refractivity contribution is -0.125. The molecule has 38 heavy (non-hydrogen) atoms. The Bertz CT molecular complexity index is 1710. The van der Waals surface area contributed by atoms with Gasteiger partial charge >= 0.3 is 0 Å². The fraction of sp³-hybridized carbons (Fsp3) is 0.286. The van der Waals surface area contributed by atoms with Gasteiger partial charge in [0.15, 0.2) is 0 Å². The minimum absolute atomic E-state index is 0.137. The minimum Gasteiger partial charge on any atom is -0.363 e. The van der Waals surface area contributed by atoms with Gasteiger partial charge in [-0.3, -0.25) is 19.5 Å². The van der Waals surface area contributed by atoms with Gasteiger partial charge in [0.1, 0.15) is 5.82 Å². The number of fused-ring (bicyclic) bond motifs is 4. The summed E-state index contributed by atoms with van der Waals surface area (Å²) in [5.41, 5.74) is 5.43. The van der Waals surface area contributed by atoms with E-state index in [1.54, 1.807) is 29.6 Å². The van der Waals surface area contributed by atoms with Crippen molar-refractivity contribution in [1.29, 1.82) is 0 Å². The summed E-state index contributed by atoms with van der Waals surface area (Å²) in [7, 11) is 2.06. The van der Waals surface area contributed by atoms with Gasteiger partial charge < -0.3 is 9.80 Å². The van der Waals surface area contributed by atoms with E-state index >= 15 is 0 Å². The number of amides is 1. The SMILES string of the molecule is CN(C)c1ccc(-c2ncc(-c3ccc4ncc5c(c4c3)C3(CCC3)C(=O)N5C)cc2NS(C)(=O)=O)cn1. The molecule has 1 spiro atoms. The fourth-order valence-corrected chi connectivity index (χ4v) is 6.13. The smallest absolute Gasteiger partial charge is 0.237 e. The quantitative estimate of drug-likeness (QED) is 0.414. The second kappa shape index (κ2) is 8.49. The van der Waals surface area contributed by atoms with Crippen molar-refractivity contribution in [3.05, 3.63) is 60.6 Å². The first-order valence-electron chi connectivity index (χ1n) is 12.4. The van der Waals surface area contributed by atoms with Gasteiger partial charge in [0.2, 0.25) is 15.9 Å². The Morgan fingerprint density at radius 3 is 2.32 bits per heavy atom. The molecule has 6 rings (SSSR count). The van der Waals surface area contributed by atoms with Crippen LogP contribution in [0.15, 0.2) is 55.0 Å². The van der Waals surface area contributed by atoms with Crippen LogP contribution in [0.5, 0.6) is 0 Å². The van der Waals surface area contributed by atoms with E-state index in [0.29, 0.717) is 16.9 Å². The van der Waals surface area contributed by atoms with Crippen molar-refractivity contribution in [1.82, 2.24) is 15.0 Å². The highest BCUT2D eigenvalue weighted by atomic mass is 32.2. The number of sulfonamides is 1. The molecule has 1 saturated carbocycles. The van der Waals surface area contributed by atoms with Crippen LogP contribution in [0.3, 0.4) is 0 Å². The Balaban J connectivity index is 1.49. The molecule has 1 aromatic carbocycles. The van der Waals surface area contributed by atoms with Crippen molar-refractivity contribution in [2.45, 2.75) is 24.7 Å². The normalized spacial score (nSPS) is 16.0. The molecule has 1 fully saturated rings. The zero-order valence-corrected chi connectivity index (χ0v) is 22.5. The van der Waals surface area contributed by atoms with E-state index in [0.717, 1.165) is 64.6 Å². The van der Waals surface area contributed by atoms with E-state index in [9.17, 15) is 13.2 Å². The number of hydrogen-bond donors (Lipinski definition) is 1. The van der Waals surface area contributed by atoms with E-state index < -0.39 is 15.4 Å². The third kappa shape index (κ3) is 3.78. The predicted molar refractivity (Wildman–Crippen MR) is 150 cm³/mol. The number of pyridine rings is 3. The molecule has 0 bridgehead atoms. The lowest BCUT2D eigenvalue weighted by atomic mass is 9.64. The van der Waals surface area contributed by atoms with Crippen LogP contribution >= 0.6 is 0 Å². The summed E-state index contributed by atoms with van der Waals surface area (Å²) in [5, 5.41) is 0.947. The van der Waals surface area contributed by atoms with Gasteiger partial charge in [-0.05, 0) is 48.7 Å². The molecule has 0 atom stereocenters. The zero-order chi connectivity index (χ0) is 26.8. The number of nitrogens with zero attached hydrogens (tertiary/aromatic N) is 5. The largest absolute Gasteiger partial charge is 0.363 e. The number of aromatic nitrogens is 3. The van der Waals surface area contributed by atoms with Crippen LogP contribution in [0.25, 0.3) is 33.3 Å². The molecule has 0 unspecified atom stereocenters. The topological polar surface area (TPSA) is 108 Å². The Labute approximate surface area is 221 Å². The van der Waals surface area contributed by atoms with Crippen LogP contribution < -0.4 is 14.5 Å². The molecule has 3 aromatic heterocycles. The lowest BCUT2D eigenvalue weighted by Crippen LogP contribution is -2.43. The molecule has 10 heteroatoms. The maximum atomic E-state index is 13.2. The van der Waals surface area contributed by atoms with Gasteiger partial charge in [0, 0.05) is 55.6 Å². The molecule has 2 aliphatic rings. The number of anilines is 3. The average molecular weight is 529 g/mol. The number of rotatable bonds is 5. The van der Waals surface area contributed by atoms with Crippen molar-refractivity contribution in [3.8, 4) is 22.4 Å². The standard InChI is InChI=1S/C28H28N6O3S/c1-33(2)24-9-7-18(14-30-24)26-22(32-38(4,36)37)13-19(15-31-26)17-6-8-21-20(12-17)25-23(16-29-21)34(3)27(35)28(25)10-5-11-28/h6-9,12-16,32H,5,10-11H2,1-4H3. The second-order valence-corrected chi connectivity index (χ2v) is 12.1. The molecule has 0 radical (unpaired) electrons. The fourth-order valence-electron chi connectivity index (χ4n) is 5.57. The van der Waals surface area contributed by atoms with Crippen LogP contribution in [0, 0.1) is 0 Å². The lowest BCUT2D eigenvalue weighted by Gasteiger charge is -2.37. The summed E-state index contributed by atoms with van der Waals surface area (Å²) < 4.78 is 27.1. The van der Waals surface area contributed by atoms with Crippen LogP contribution in [0.4, 0.5) is 17.2 Å². The van der Waals surface area contributed by atoms with Gasteiger partial charge in [0.05, 0.1) is 40.5 Å². The van der Waals surface area contributed by atoms with Gasteiger partial charge in [-0.15, -0.1) is 0 Å². The van der Waals surface area contributed by atoms with Crippen molar-refractivity contribution >= 4 is 44.0 Å². The molecule has 1 N–H and O–H groups in total. The minimum atomic E-state index is -3.57. The number of likely N-dealkylation sites (N-methyl/N-ethyl adjacent to an activating group) is 1. The Hall–Kier alpha value is -4.05. The van der Waals surface area contributed by atoms with Crippen molar-refractivity contribution in [2.24, 2.45) is 0 Å².